The molecule has 0 saturated heterocycles. The van der Waals surface area contributed by atoms with Gasteiger partial charge in [0.05, 0.1) is 0 Å². The monoisotopic (exact) mass is 205 g/mol. The minimum Gasteiger partial charge on any atom is -0.384 e. The molecule has 0 saturated carbocycles. The van der Waals surface area contributed by atoms with Gasteiger partial charge in [-0.1, -0.05) is 11.2 Å². The first-order valence-corrected chi connectivity index (χ1v) is 4.62. The lowest BCUT2D eigenvalue weighted by Crippen LogP contribution is -1.92. The van der Waals surface area contributed by atoms with E-state index in [1.807, 2.05) is 19.1 Å². The van der Waals surface area contributed by atoms with E-state index in [2.05, 4.69) is 15.1 Å². The molecule has 2 heterocycles. The third-order valence-corrected chi connectivity index (χ3v) is 2.02. The number of hydrogen-bond acceptors (Lipinski definition) is 5. The molecule has 78 valence electrons. The molecule has 2 rings (SSSR count). The van der Waals surface area contributed by atoms with Crippen molar-refractivity contribution >= 4 is 0 Å². The molecule has 1 N–H and O–H groups in total. The van der Waals surface area contributed by atoms with Crippen molar-refractivity contribution in [1.29, 1.82) is 0 Å². The Labute approximate surface area is 86.8 Å². The van der Waals surface area contributed by atoms with E-state index in [1.54, 1.807) is 13.1 Å². The fourth-order valence-corrected chi connectivity index (χ4v) is 1.22. The Morgan fingerprint density at radius 1 is 1.47 bits per heavy atom. The van der Waals surface area contributed by atoms with Crippen LogP contribution in [0.1, 0.15) is 24.5 Å². The van der Waals surface area contributed by atoms with E-state index in [-0.39, 0.29) is 5.89 Å². The van der Waals surface area contributed by atoms with Crippen molar-refractivity contribution in [3.63, 3.8) is 0 Å². The first-order valence-electron chi connectivity index (χ1n) is 4.62. The van der Waals surface area contributed by atoms with Crippen molar-refractivity contribution in [2.24, 2.45) is 0 Å². The quantitative estimate of drug-likeness (QED) is 0.804. The molecule has 15 heavy (non-hydrogen) atoms. The molecule has 2 aromatic heterocycles. The van der Waals surface area contributed by atoms with Gasteiger partial charge in [-0.2, -0.15) is 4.98 Å². The van der Waals surface area contributed by atoms with Gasteiger partial charge in [-0.3, -0.25) is 4.98 Å². The van der Waals surface area contributed by atoms with Crippen LogP contribution in [-0.4, -0.2) is 20.2 Å². The highest BCUT2D eigenvalue weighted by atomic mass is 16.5. The molecule has 0 fully saturated rings. The summed E-state index contributed by atoms with van der Waals surface area (Å²) in [5.41, 5.74) is 1.64. The zero-order valence-electron chi connectivity index (χ0n) is 8.51. The van der Waals surface area contributed by atoms with E-state index < -0.39 is 6.10 Å². The van der Waals surface area contributed by atoms with Crippen molar-refractivity contribution < 1.29 is 9.63 Å². The molecule has 0 aliphatic heterocycles. The lowest BCUT2D eigenvalue weighted by atomic mass is 10.2. The van der Waals surface area contributed by atoms with E-state index in [1.165, 1.54) is 0 Å². The number of aromatic nitrogens is 3. The van der Waals surface area contributed by atoms with Crippen molar-refractivity contribution in [1.82, 2.24) is 15.1 Å². The highest BCUT2D eigenvalue weighted by Crippen LogP contribution is 2.19. The molecule has 5 heteroatoms. The van der Waals surface area contributed by atoms with Gasteiger partial charge < -0.3 is 9.63 Å². The van der Waals surface area contributed by atoms with Crippen molar-refractivity contribution in [3.8, 4) is 11.5 Å². The lowest BCUT2D eigenvalue weighted by Gasteiger charge is -1.97. The fourth-order valence-electron chi connectivity index (χ4n) is 1.22. The summed E-state index contributed by atoms with van der Waals surface area (Å²) in [6.07, 6.45) is 0.913. The zero-order chi connectivity index (χ0) is 10.8. The van der Waals surface area contributed by atoms with Crippen LogP contribution in [0.3, 0.4) is 0 Å². The summed E-state index contributed by atoms with van der Waals surface area (Å²) >= 11 is 0. The lowest BCUT2D eigenvalue weighted by molar-refractivity contribution is 0.152. The Morgan fingerprint density at radius 2 is 2.27 bits per heavy atom. The van der Waals surface area contributed by atoms with Gasteiger partial charge in [0.1, 0.15) is 11.8 Å². The van der Waals surface area contributed by atoms with Gasteiger partial charge in [0.15, 0.2) is 0 Å². The molecule has 0 radical (unpaired) electrons. The first-order chi connectivity index (χ1) is 7.18. The summed E-state index contributed by atoms with van der Waals surface area (Å²) < 4.78 is 4.88. The maximum atomic E-state index is 9.24. The van der Waals surface area contributed by atoms with E-state index in [0.717, 1.165) is 5.56 Å². The molecule has 1 atom stereocenters. The van der Waals surface area contributed by atoms with Crippen LogP contribution in [0, 0.1) is 6.92 Å². The molecule has 0 aliphatic rings. The Balaban J connectivity index is 2.42. The summed E-state index contributed by atoms with van der Waals surface area (Å²) in [4.78, 5) is 8.21. The summed E-state index contributed by atoms with van der Waals surface area (Å²) in [5.74, 6) is 0.610. The highest BCUT2D eigenvalue weighted by Gasteiger charge is 2.14. The molecule has 5 nitrogen and oxygen atoms in total. The van der Waals surface area contributed by atoms with Crippen LogP contribution in [-0.2, 0) is 0 Å². The molecule has 0 unspecified atom stereocenters. The Bertz CT molecular complexity index is 465. The standard InChI is InChI=1S/C10H11N3O2/c1-6-4-3-5-11-8(6)9-12-10(7(2)14)15-13-9/h3-5,7,14H,1-2H3/t7-/m0/s1. The Kier molecular flexibility index (Phi) is 2.47. The van der Waals surface area contributed by atoms with Gasteiger partial charge in [-0.05, 0) is 25.5 Å². The van der Waals surface area contributed by atoms with E-state index >= 15 is 0 Å². The topological polar surface area (TPSA) is 72.0 Å². The molecule has 2 aromatic rings. The third-order valence-electron chi connectivity index (χ3n) is 2.02. The second-order valence-electron chi connectivity index (χ2n) is 3.30. The van der Waals surface area contributed by atoms with Gasteiger partial charge in [0.25, 0.3) is 5.89 Å². The zero-order valence-corrected chi connectivity index (χ0v) is 8.51. The summed E-state index contributed by atoms with van der Waals surface area (Å²) in [5, 5.41) is 13.0. The van der Waals surface area contributed by atoms with Gasteiger partial charge in [0.2, 0.25) is 5.82 Å². The molecule has 0 aliphatic carbocycles. The third kappa shape index (κ3) is 1.87. The van der Waals surface area contributed by atoms with Crippen molar-refractivity contribution in [2.75, 3.05) is 0 Å². The SMILES string of the molecule is Cc1cccnc1-c1noc([C@H](C)O)n1. The van der Waals surface area contributed by atoms with Crippen LogP contribution in [0.5, 0.6) is 0 Å². The number of rotatable bonds is 2. The number of aliphatic hydroxyl groups is 1. The minimum atomic E-state index is -0.754. The van der Waals surface area contributed by atoms with Gasteiger partial charge in [-0.15, -0.1) is 0 Å². The number of aliphatic hydroxyl groups excluding tert-OH is 1. The smallest absolute Gasteiger partial charge is 0.255 e. The molecule has 0 amide bonds. The second kappa shape index (κ2) is 3.78. The summed E-state index contributed by atoms with van der Waals surface area (Å²) in [6.45, 7) is 3.49. The van der Waals surface area contributed by atoms with Crippen LogP contribution < -0.4 is 0 Å². The molecule has 0 aromatic carbocycles. The molecule has 0 bridgehead atoms. The predicted molar refractivity (Wildman–Crippen MR) is 52.9 cm³/mol. The fraction of sp³-hybridized carbons (Fsp3) is 0.300. The average molecular weight is 205 g/mol. The maximum Gasteiger partial charge on any atom is 0.255 e. The van der Waals surface area contributed by atoms with Gasteiger partial charge >= 0.3 is 0 Å². The summed E-state index contributed by atoms with van der Waals surface area (Å²) in [7, 11) is 0. The highest BCUT2D eigenvalue weighted by molar-refractivity contribution is 5.53. The van der Waals surface area contributed by atoms with Crippen LogP contribution in [0.15, 0.2) is 22.9 Å². The first kappa shape index (κ1) is 9.79. The molecular weight excluding hydrogens is 194 g/mol. The second-order valence-corrected chi connectivity index (χ2v) is 3.30. The van der Waals surface area contributed by atoms with E-state index in [4.69, 9.17) is 4.52 Å². The Hall–Kier alpha value is -1.75. The Morgan fingerprint density at radius 3 is 2.87 bits per heavy atom. The van der Waals surface area contributed by atoms with Gasteiger partial charge in [-0.25, -0.2) is 0 Å². The number of aryl methyl sites for hydroxylation is 1. The van der Waals surface area contributed by atoms with E-state index in [9.17, 15) is 5.11 Å². The number of pyridine rings is 1. The predicted octanol–water partition coefficient (Wildman–Crippen LogP) is 1.49. The van der Waals surface area contributed by atoms with Crippen molar-refractivity contribution in [2.45, 2.75) is 20.0 Å². The van der Waals surface area contributed by atoms with Crippen LogP contribution in [0.4, 0.5) is 0 Å². The number of hydrogen-bond donors (Lipinski definition) is 1. The molecular formula is C10H11N3O2. The largest absolute Gasteiger partial charge is 0.384 e. The molecule has 0 spiro atoms. The van der Waals surface area contributed by atoms with Crippen molar-refractivity contribution in [3.05, 3.63) is 29.8 Å². The van der Waals surface area contributed by atoms with E-state index in [0.29, 0.717) is 11.5 Å². The average Bonchev–Trinajstić information content (AvgIpc) is 2.67. The minimum absolute atomic E-state index is 0.204. The normalized spacial score (nSPS) is 12.7. The number of nitrogens with zero attached hydrogens (tertiary/aromatic N) is 3. The van der Waals surface area contributed by atoms with Crippen LogP contribution >= 0.6 is 0 Å². The van der Waals surface area contributed by atoms with Gasteiger partial charge in [0, 0.05) is 6.20 Å². The maximum absolute atomic E-state index is 9.24. The summed E-state index contributed by atoms with van der Waals surface area (Å²) in [6, 6.07) is 3.76. The van der Waals surface area contributed by atoms with Crippen LogP contribution in [0.2, 0.25) is 0 Å². The van der Waals surface area contributed by atoms with Crippen LogP contribution in [0.25, 0.3) is 11.5 Å².